The average Bonchev–Trinajstić information content (AvgIpc) is 3.12. The third-order valence-corrected chi connectivity index (χ3v) is 6.00. The van der Waals surface area contributed by atoms with Gasteiger partial charge in [0, 0.05) is 12.1 Å². The molecule has 0 fully saturated rings. The van der Waals surface area contributed by atoms with Crippen LogP contribution < -0.4 is 16.4 Å². The van der Waals surface area contributed by atoms with Crippen molar-refractivity contribution in [2.45, 2.75) is 26.9 Å². The lowest BCUT2D eigenvalue weighted by Gasteiger charge is -2.14. The summed E-state index contributed by atoms with van der Waals surface area (Å²) in [5, 5.41) is 6.02. The van der Waals surface area contributed by atoms with Crippen molar-refractivity contribution in [2.24, 2.45) is 0 Å². The van der Waals surface area contributed by atoms with Crippen molar-refractivity contribution in [1.82, 2.24) is 14.9 Å². The van der Waals surface area contributed by atoms with Gasteiger partial charge in [0.2, 0.25) is 11.9 Å². The van der Waals surface area contributed by atoms with Crippen LogP contribution in [0.1, 0.15) is 27.0 Å². The summed E-state index contributed by atoms with van der Waals surface area (Å²) in [6.45, 7) is 4.09. The fourth-order valence-electron chi connectivity index (χ4n) is 3.71. The number of aryl methyl sites for hydroxylation is 1. The number of aromatic nitrogens is 2. The van der Waals surface area contributed by atoms with Crippen LogP contribution in [0.25, 0.3) is 11.0 Å². The van der Waals surface area contributed by atoms with Crippen molar-refractivity contribution in [3.63, 3.8) is 0 Å². The highest BCUT2D eigenvalue weighted by atomic mass is 35.5. The predicted molar refractivity (Wildman–Crippen MR) is 131 cm³/mol. The Morgan fingerprint density at radius 1 is 1.03 bits per heavy atom. The normalized spacial score (nSPS) is 10.9. The number of rotatable bonds is 6. The van der Waals surface area contributed by atoms with Crippen molar-refractivity contribution in [3.05, 3.63) is 87.9 Å². The lowest BCUT2D eigenvalue weighted by Crippen LogP contribution is -2.24. The Labute approximate surface area is 196 Å². The van der Waals surface area contributed by atoms with Gasteiger partial charge in [-0.05, 0) is 48.7 Å². The smallest absolute Gasteiger partial charge is 0.251 e. The Kier molecular flexibility index (Phi) is 6.33. The van der Waals surface area contributed by atoms with Crippen molar-refractivity contribution >= 4 is 46.1 Å². The van der Waals surface area contributed by atoms with Crippen LogP contribution in [0, 0.1) is 13.8 Å². The van der Waals surface area contributed by atoms with Crippen LogP contribution in [0.2, 0.25) is 5.02 Å². The molecule has 0 aliphatic heterocycles. The standard InChI is InChI=1S/C25H24ClN5O2/c1-15-7-6-10-20-23(15)30-25(27)31(20)14-21(32)29-19-12-11-18(16(2)22(19)26)24(33)28-13-17-8-4-3-5-9-17/h3-12H,13-14H2,1-2H3,(H2,27,30)(H,28,33)(H,29,32). The number of carbonyl (C=O) groups excluding carboxylic acids is 2. The second-order valence-corrected chi connectivity index (χ2v) is 8.19. The summed E-state index contributed by atoms with van der Waals surface area (Å²) in [6.07, 6.45) is 0. The number of hydrogen-bond donors (Lipinski definition) is 3. The summed E-state index contributed by atoms with van der Waals surface area (Å²) in [5.74, 6) is -0.267. The van der Waals surface area contributed by atoms with Crippen LogP contribution in [0.4, 0.5) is 11.6 Å². The third-order valence-electron chi connectivity index (χ3n) is 5.51. The first kappa shape index (κ1) is 22.4. The van der Waals surface area contributed by atoms with E-state index in [0.717, 1.165) is 22.2 Å². The molecule has 0 saturated heterocycles. The fraction of sp³-hybridized carbons (Fsp3) is 0.160. The Morgan fingerprint density at radius 3 is 2.55 bits per heavy atom. The molecule has 0 saturated carbocycles. The SMILES string of the molecule is Cc1c(C(=O)NCc2ccccc2)ccc(NC(=O)Cn2c(N)nc3c(C)cccc32)c1Cl. The number of fused-ring (bicyclic) bond motifs is 1. The second kappa shape index (κ2) is 9.34. The summed E-state index contributed by atoms with van der Waals surface area (Å²) < 4.78 is 1.66. The van der Waals surface area contributed by atoms with Gasteiger partial charge in [-0.15, -0.1) is 0 Å². The predicted octanol–water partition coefficient (Wildman–Crippen LogP) is 4.46. The molecule has 0 bridgehead atoms. The van der Waals surface area contributed by atoms with E-state index in [1.54, 1.807) is 23.6 Å². The summed E-state index contributed by atoms with van der Waals surface area (Å²) in [6, 6.07) is 18.6. The molecule has 0 atom stereocenters. The molecule has 1 aromatic heterocycles. The highest BCUT2D eigenvalue weighted by Gasteiger charge is 2.17. The minimum absolute atomic E-state index is 0.0134. The number of imidazole rings is 1. The Bertz CT molecular complexity index is 1350. The number of para-hydroxylation sites is 1. The summed E-state index contributed by atoms with van der Waals surface area (Å²) >= 11 is 6.49. The van der Waals surface area contributed by atoms with Crippen LogP contribution in [0.15, 0.2) is 60.7 Å². The largest absolute Gasteiger partial charge is 0.369 e. The zero-order valence-electron chi connectivity index (χ0n) is 18.4. The van der Waals surface area contributed by atoms with Crippen LogP contribution >= 0.6 is 11.6 Å². The first-order valence-electron chi connectivity index (χ1n) is 10.5. The quantitative estimate of drug-likeness (QED) is 0.394. The first-order valence-corrected chi connectivity index (χ1v) is 10.9. The lowest BCUT2D eigenvalue weighted by molar-refractivity contribution is -0.116. The highest BCUT2D eigenvalue weighted by Crippen LogP contribution is 2.29. The van der Waals surface area contributed by atoms with Crippen molar-refractivity contribution in [2.75, 3.05) is 11.1 Å². The molecule has 0 aliphatic carbocycles. The van der Waals surface area contributed by atoms with E-state index in [1.165, 1.54) is 0 Å². The van der Waals surface area contributed by atoms with E-state index >= 15 is 0 Å². The average molecular weight is 462 g/mol. The molecule has 4 rings (SSSR count). The Hall–Kier alpha value is -3.84. The van der Waals surface area contributed by atoms with Crippen LogP contribution in [-0.2, 0) is 17.9 Å². The van der Waals surface area contributed by atoms with E-state index in [1.807, 2.05) is 55.5 Å². The van der Waals surface area contributed by atoms with Crippen molar-refractivity contribution in [1.29, 1.82) is 0 Å². The number of carbonyl (C=O) groups is 2. The number of amides is 2. The van der Waals surface area contributed by atoms with Gasteiger partial charge in [-0.3, -0.25) is 9.59 Å². The summed E-state index contributed by atoms with van der Waals surface area (Å²) in [7, 11) is 0. The first-order chi connectivity index (χ1) is 15.8. The van der Waals surface area contributed by atoms with E-state index in [9.17, 15) is 9.59 Å². The minimum Gasteiger partial charge on any atom is -0.369 e. The van der Waals surface area contributed by atoms with Gasteiger partial charge >= 0.3 is 0 Å². The fourth-order valence-corrected chi connectivity index (χ4v) is 3.92. The molecule has 7 nitrogen and oxygen atoms in total. The van der Waals surface area contributed by atoms with Crippen LogP contribution in [0.5, 0.6) is 0 Å². The van der Waals surface area contributed by atoms with Crippen LogP contribution in [-0.4, -0.2) is 21.4 Å². The monoisotopic (exact) mass is 461 g/mol. The maximum atomic E-state index is 12.7. The highest BCUT2D eigenvalue weighted by molar-refractivity contribution is 6.35. The second-order valence-electron chi connectivity index (χ2n) is 7.81. The number of hydrogen-bond acceptors (Lipinski definition) is 4. The number of anilines is 2. The Morgan fingerprint density at radius 2 is 1.79 bits per heavy atom. The summed E-state index contributed by atoms with van der Waals surface area (Å²) in [5.41, 5.74) is 11.0. The molecule has 0 radical (unpaired) electrons. The molecular formula is C25H24ClN5O2. The molecule has 168 valence electrons. The van der Waals surface area contributed by atoms with Gasteiger partial charge in [-0.1, -0.05) is 54.1 Å². The molecule has 0 spiro atoms. The maximum Gasteiger partial charge on any atom is 0.251 e. The van der Waals surface area contributed by atoms with Gasteiger partial charge in [0.15, 0.2) is 0 Å². The number of benzene rings is 3. The van der Waals surface area contributed by atoms with E-state index in [0.29, 0.717) is 28.4 Å². The van der Waals surface area contributed by atoms with Gasteiger partial charge in [-0.25, -0.2) is 4.98 Å². The molecule has 4 N–H and O–H groups in total. The molecular weight excluding hydrogens is 438 g/mol. The van der Waals surface area contributed by atoms with Gasteiger partial charge in [0.05, 0.1) is 21.7 Å². The zero-order chi connectivity index (χ0) is 23.5. The molecule has 1 heterocycles. The molecule has 0 aliphatic rings. The van der Waals surface area contributed by atoms with Crippen molar-refractivity contribution in [3.8, 4) is 0 Å². The lowest BCUT2D eigenvalue weighted by atomic mass is 10.1. The molecule has 8 heteroatoms. The molecule has 3 aromatic carbocycles. The van der Waals surface area contributed by atoms with E-state index in [-0.39, 0.29) is 24.3 Å². The number of nitrogens with zero attached hydrogens (tertiary/aromatic N) is 2. The van der Waals surface area contributed by atoms with Gasteiger partial charge in [-0.2, -0.15) is 0 Å². The molecule has 4 aromatic rings. The molecule has 0 unspecified atom stereocenters. The number of nitrogens with one attached hydrogen (secondary N) is 2. The summed E-state index contributed by atoms with van der Waals surface area (Å²) in [4.78, 5) is 29.8. The van der Waals surface area contributed by atoms with Gasteiger partial charge in [0.25, 0.3) is 5.91 Å². The van der Waals surface area contributed by atoms with E-state index in [4.69, 9.17) is 17.3 Å². The van der Waals surface area contributed by atoms with E-state index in [2.05, 4.69) is 15.6 Å². The number of nitrogens with two attached hydrogens (primary N) is 1. The topological polar surface area (TPSA) is 102 Å². The molecule has 2 amide bonds. The zero-order valence-corrected chi connectivity index (χ0v) is 19.1. The molecule has 33 heavy (non-hydrogen) atoms. The minimum atomic E-state index is -0.301. The number of nitrogen functional groups attached to an aromatic ring is 1. The van der Waals surface area contributed by atoms with Crippen molar-refractivity contribution < 1.29 is 9.59 Å². The number of halogens is 1. The van der Waals surface area contributed by atoms with Gasteiger partial charge < -0.3 is 20.9 Å². The van der Waals surface area contributed by atoms with Crippen LogP contribution in [0.3, 0.4) is 0 Å². The Balaban J connectivity index is 1.47. The van der Waals surface area contributed by atoms with Gasteiger partial charge in [0.1, 0.15) is 6.54 Å². The van der Waals surface area contributed by atoms with E-state index < -0.39 is 0 Å². The third kappa shape index (κ3) is 4.68. The maximum absolute atomic E-state index is 12.7.